The zero-order chi connectivity index (χ0) is 25.8. The molecule has 3 amide bonds. The highest BCUT2D eigenvalue weighted by atomic mass is 16.2. The molecular formula is C25H28N8O3. The van der Waals surface area contributed by atoms with Gasteiger partial charge in [0.2, 0.25) is 0 Å². The Balaban J connectivity index is 1.37. The van der Waals surface area contributed by atoms with Crippen LogP contribution in [-0.4, -0.2) is 43.0 Å². The molecule has 11 heteroatoms. The Morgan fingerprint density at radius 2 is 1.36 bits per heavy atom. The fourth-order valence-corrected chi connectivity index (χ4v) is 3.86. The van der Waals surface area contributed by atoms with Gasteiger partial charge in [0.25, 0.3) is 17.7 Å². The molecule has 0 saturated heterocycles. The maximum Gasteiger partial charge on any atom is 0.272 e. The van der Waals surface area contributed by atoms with E-state index in [1.54, 1.807) is 77.8 Å². The van der Waals surface area contributed by atoms with Gasteiger partial charge in [0, 0.05) is 64.6 Å². The molecule has 36 heavy (non-hydrogen) atoms. The van der Waals surface area contributed by atoms with Crippen LogP contribution in [0.25, 0.3) is 0 Å². The van der Waals surface area contributed by atoms with Crippen LogP contribution in [0, 0.1) is 0 Å². The van der Waals surface area contributed by atoms with Crippen molar-refractivity contribution in [3.63, 3.8) is 0 Å². The summed E-state index contributed by atoms with van der Waals surface area (Å²) in [4.78, 5) is 42.3. The van der Waals surface area contributed by atoms with Gasteiger partial charge in [-0.05, 0) is 30.3 Å². The van der Waals surface area contributed by atoms with Crippen molar-refractivity contribution >= 4 is 34.8 Å². The number of nitrogen functional groups attached to an aromatic ring is 1. The molecule has 0 aliphatic rings. The Morgan fingerprint density at radius 1 is 0.806 bits per heavy atom. The summed E-state index contributed by atoms with van der Waals surface area (Å²) < 4.78 is 4.88. The van der Waals surface area contributed by atoms with E-state index in [-0.39, 0.29) is 17.7 Å². The third kappa shape index (κ3) is 5.46. The van der Waals surface area contributed by atoms with Crippen LogP contribution < -0.4 is 21.7 Å². The Morgan fingerprint density at radius 3 is 1.89 bits per heavy atom. The molecule has 4 heterocycles. The molecule has 0 aromatic carbocycles. The number of aromatic nitrogens is 4. The topological polar surface area (TPSA) is 141 Å². The standard InChI is InChI=1S/C25H28N8O3/c1-31-13-16(26)10-20(31)24(35)29-19-12-22(33(3)15-19)25(36)30-18-11-21(32(2)14-18)23(34)28-9-7-17-6-4-5-8-27-17/h4-6,8,10-15H,7,9,26H2,1-3H3,(H,28,34)(H,29,35)(H,30,36). The maximum absolute atomic E-state index is 12.9. The lowest BCUT2D eigenvalue weighted by atomic mass is 10.2. The Kier molecular flexibility index (Phi) is 6.91. The molecule has 186 valence electrons. The second-order valence-corrected chi connectivity index (χ2v) is 8.45. The minimum Gasteiger partial charge on any atom is -0.397 e. The van der Waals surface area contributed by atoms with E-state index in [1.807, 2.05) is 18.2 Å². The minimum absolute atomic E-state index is 0.251. The van der Waals surface area contributed by atoms with Gasteiger partial charge >= 0.3 is 0 Å². The smallest absolute Gasteiger partial charge is 0.272 e. The van der Waals surface area contributed by atoms with E-state index in [9.17, 15) is 14.4 Å². The number of hydrogen-bond acceptors (Lipinski definition) is 5. The maximum atomic E-state index is 12.9. The quantitative estimate of drug-likeness (QED) is 0.301. The normalized spacial score (nSPS) is 10.8. The molecule has 0 fully saturated rings. The first-order valence-corrected chi connectivity index (χ1v) is 11.3. The van der Waals surface area contributed by atoms with Crippen LogP contribution in [0.2, 0.25) is 0 Å². The average Bonchev–Trinajstić information content (AvgIpc) is 3.50. The van der Waals surface area contributed by atoms with E-state index in [0.717, 1.165) is 5.69 Å². The Hall–Kier alpha value is -4.80. The summed E-state index contributed by atoms with van der Waals surface area (Å²) in [5.74, 6) is -0.971. The highest BCUT2D eigenvalue weighted by molar-refractivity contribution is 6.07. The van der Waals surface area contributed by atoms with Crippen molar-refractivity contribution in [2.45, 2.75) is 6.42 Å². The number of nitrogens with two attached hydrogens (primary N) is 1. The Bertz CT molecular complexity index is 1410. The van der Waals surface area contributed by atoms with Crippen molar-refractivity contribution in [2.24, 2.45) is 21.1 Å². The molecule has 0 atom stereocenters. The van der Waals surface area contributed by atoms with E-state index in [1.165, 1.54) is 0 Å². The monoisotopic (exact) mass is 488 g/mol. The molecule has 0 unspecified atom stereocenters. The number of nitrogens with one attached hydrogen (secondary N) is 3. The molecule has 4 aromatic rings. The van der Waals surface area contributed by atoms with Crippen molar-refractivity contribution in [1.29, 1.82) is 0 Å². The fraction of sp³-hybridized carbons (Fsp3) is 0.200. The van der Waals surface area contributed by atoms with Gasteiger partial charge in [-0.3, -0.25) is 19.4 Å². The molecule has 4 aromatic heterocycles. The van der Waals surface area contributed by atoms with E-state index in [2.05, 4.69) is 20.9 Å². The van der Waals surface area contributed by atoms with Crippen molar-refractivity contribution in [2.75, 3.05) is 22.9 Å². The first-order valence-electron chi connectivity index (χ1n) is 11.3. The van der Waals surface area contributed by atoms with Gasteiger partial charge in [-0.1, -0.05) is 6.07 Å². The first-order chi connectivity index (χ1) is 17.2. The largest absolute Gasteiger partial charge is 0.397 e. The molecule has 0 spiro atoms. The lowest BCUT2D eigenvalue weighted by Gasteiger charge is -2.05. The summed E-state index contributed by atoms with van der Waals surface area (Å²) >= 11 is 0. The third-order valence-electron chi connectivity index (χ3n) is 5.64. The van der Waals surface area contributed by atoms with Crippen LogP contribution >= 0.6 is 0 Å². The molecular weight excluding hydrogens is 460 g/mol. The van der Waals surface area contributed by atoms with Gasteiger partial charge in [0.05, 0.1) is 17.1 Å². The third-order valence-corrected chi connectivity index (χ3v) is 5.64. The van der Waals surface area contributed by atoms with E-state index >= 15 is 0 Å². The number of rotatable bonds is 8. The highest BCUT2D eigenvalue weighted by Crippen LogP contribution is 2.19. The fourth-order valence-electron chi connectivity index (χ4n) is 3.86. The minimum atomic E-state index is -0.381. The average molecular weight is 489 g/mol. The number of nitrogens with zero attached hydrogens (tertiary/aromatic N) is 4. The van der Waals surface area contributed by atoms with Crippen LogP contribution in [0.4, 0.5) is 17.1 Å². The summed E-state index contributed by atoms with van der Waals surface area (Å²) in [7, 11) is 5.16. The van der Waals surface area contributed by atoms with Crippen LogP contribution in [0.15, 0.2) is 61.2 Å². The van der Waals surface area contributed by atoms with Gasteiger partial charge in [-0.25, -0.2) is 0 Å². The molecule has 11 nitrogen and oxygen atoms in total. The second-order valence-electron chi connectivity index (χ2n) is 8.45. The highest BCUT2D eigenvalue weighted by Gasteiger charge is 2.18. The zero-order valence-corrected chi connectivity index (χ0v) is 20.3. The summed E-state index contributed by atoms with van der Waals surface area (Å²) in [5, 5.41) is 8.45. The second kappa shape index (κ2) is 10.2. The molecule has 4 rings (SSSR count). The predicted octanol–water partition coefficient (Wildman–Crippen LogP) is 2.16. The Labute approximate surface area is 207 Å². The lowest BCUT2D eigenvalue weighted by Crippen LogP contribution is -2.27. The van der Waals surface area contributed by atoms with Crippen LogP contribution in [0.5, 0.6) is 0 Å². The number of amides is 3. The summed E-state index contributed by atoms with van der Waals surface area (Å²) in [5.41, 5.74) is 9.21. The van der Waals surface area contributed by atoms with Gasteiger partial charge in [0.1, 0.15) is 17.1 Å². The predicted molar refractivity (Wildman–Crippen MR) is 137 cm³/mol. The number of hydrogen-bond donors (Lipinski definition) is 4. The molecule has 0 aliphatic carbocycles. The van der Waals surface area contributed by atoms with Gasteiger partial charge in [-0.15, -0.1) is 0 Å². The van der Waals surface area contributed by atoms with Crippen LogP contribution in [-0.2, 0) is 27.6 Å². The number of carbonyl (C=O) groups is 3. The molecule has 0 saturated carbocycles. The molecule has 0 bridgehead atoms. The number of aryl methyl sites for hydroxylation is 3. The molecule has 0 aliphatic heterocycles. The van der Waals surface area contributed by atoms with Crippen LogP contribution in [0.1, 0.15) is 37.2 Å². The van der Waals surface area contributed by atoms with Gasteiger partial charge < -0.3 is 35.4 Å². The summed E-state index contributed by atoms with van der Waals surface area (Å²) in [6, 6.07) is 10.4. The van der Waals surface area contributed by atoms with Crippen LogP contribution in [0.3, 0.4) is 0 Å². The number of anilines is 3. The molecule has 5 N–H and O–H groups in total. The first kappa shape index (κ1) is 24.3. The van der Waals surface area contributed by atoms with Crippen molar-refractivity contribution < 1.29 is 14.4 Å². The van der Waals surface area contributed by atoms with Gasteiger partial charge in [0.15, 0.2) is 0 Å². The van der Waals surface area contributed by atoms with E-state index in [0.29, 0.717) is 47.1 Å². The summed E-state index contributed by atoms with van der Waals surface area (Å²) in [6.07, 6.45) is 7.28. The summed E-state index contributed by atoms with van der Waals surface area (Å²) in [6.45, 7) is 0.440. The van der Waals surface area contributed by atoms with Crippen molar-refractivity contribution in [1.82, 2.24) is 24.0 Å². The van der Waals surface area contributed by atoms with Crippen molar-refractivity contribution in [3.8, 4) is 0 Å². The molecule has 0 radical (unpaired) electrons. The number of pyridine rings is 1. The SMILES string of the molecule is Cn1cc(NC(=O)c2cc(NC(=O)c3cc(N)cn3C)cn2C)cc1C(=O)NCCc1ccccn1. The van der Waals surface area contributed by atoms with Gasteiger partial charge in [-0.2, -0.15) is 0 Å². The van der Waals surface area contributed by atoms with E-state index in [4.69, 9.17) is 5.73 Å². The lowest BCUT2D eigenvalue weighted by molar-refractivity contribution is 0.0944. The zero-order valence-electron chi connectivity index (χ0n) is 20.3. The van der Waals surface area contributed by atoms with E-state index < -0.39 is 0 Å². The van der Waals surface area contributed by atoms with Crippen molar-refractivity contribution in [3.05, 3.63) is 84.0 Å². The number of carbonyl (C=O) groups excluding carboxylic acids is 3.